The number of carbonyl (C=O) groups is 3. The minimum Gasteiger partial charge on any atom is -0.493 e. The van der Waals surface area contributed by atoms with Crippen molar-refractivity contribution in [1.82, 2.24) is 19.6 Å². The molecule has 12 nitrogen and oxygen atoms in total. The number of urea groups is 1. The van der Waals surface area contributed by atoms with Crippen molar-refractivity contribution in [2.75, 3.05) is 94.5 Å². The van der Waals surface area contributed by atoms with E-state index >= 15 is 0 Å². The zero-order valence-corrected chi connectivity index (χ0v) is 27.4. The number of carboxylic acids is 1. The first-order valence-electron chi connectivity index (χ1n) is 16.0. The van der Waals surface area contributed by atoms with E-state index in [1.54, 1.807) is 24.0 Å². The summed E-state index contributed by atoms with van der Waals surface area (Å²) in [5.74, 6) is -0.554. The van der Waals surface area contributed by atoms with Crippen molar-refractivity contribution in [2.45, 2.75) is 51.0 Å². The van der Waals surface area contributed by atoms with Gasteiger partial charge in [-0.2, -0.15) is 0 Å². The van der Waals surface area contributed by atoms with E-state index in [1.165, 1.54) is 0 Å². The summed E-state index contributed by atoms with van der Waals surface area (Å²) in [5.41, 5.74) is 0.776. The van der Waals surface area contributed by atoms with Gasteiger partial charge in [0.1, 0.15) is 0 Å². The molecule has 3 heterocycles. The lowest BCUT2D eigenvalue weighted by atomic mass is 9.84. The van der Waals surface area contributed by atoms with Gasteiger partial charge in [0.05, 0.1) is 47.3 Å². The van der Waals surface area contributed by atoms with E-state index in [0.29, 0.717) is 62.9 Å². The molecule has 1 N–H and O–H groups in total. The van der Waals surface area contributed by atoms with Crippen molar-refractivity contribution in [3.05, 3.63) is 17.7 Å². The fourth-order valence-electron chi connectivity index (χ4n) is 6.70. The molecule has 0 saturated carbocycles. The van der Waals surface area contributed by atoms with Crippen molar-refractivity contribution in [1.29, 1.82) is 0 Å². The maximum Gasteiger partial charge on any atom is 0.319 e. The normalized spacial score (nSPS) is 22.0. The summed E-state index contributed by atoms with van der Waals surface area (Å²) in [6.07, 6.45) is 4.12. The van der Waals surface area contributed by atoms with Gasteiger partial charge in [0.15, 0.2) is 11.5 Å². The van der Waals surface area contributed by atoms with Crippen LogP contribution in [0.1, 0.15) is 50.5 Å². The van der Waals surface area contributed by atoms with Gasteiger partial charge >= 0.3 is 12.0 Å². The zero-order chi connectivity index (χ0) is 32.0. The second kappa shape index (κ2) is 14.7. The van der Waals surface area contributed by atoms with Gasteiger partial charge in [-0.15, -0.1) is 0 Å². The Morgan fingerprint density at radius 2 is 1.89 bits per heavy atom. The number of nitrogens with zero attached hydrogens (tertiary/aromatic N) is 5. The summed E-state index contributed by atoms with van der Waals surface area (Å²) in [4.78, 5) is 47.2. The molecule has 12 heteroatoms. The number of hydrogen-bond acceptors (Lipinski definition) is 7. The molecule has 0 aliphatic carbocycles. The molecule has 3 aliphatic rings. The molecule has 3 aliphatic heterocycles. The van der Waals surface area contributed by atoms with Crippen LogP contribution in [0, 0.1) is 5.92 Å². The summed E-state index contributed by atoms with van der Waals surface area (Å²) in [5, 5.41) is 10.6. The van der Waals surface area contributed by atoms with Crippen LogP contribution in [0.5, 0.6) is 17.2 Å². The third-order valence-corrected chi connectivity index (χ3v) is 9.09. The number of rotatable bonds is 15. The maximum absolute atomic E-state index is 13.9. The van der Waals surface area contributed by atoms with Gasteiger partial charge < -0.3 is 38.5 Å². The lowest BCUT2D eigenvalue weighted by Gasteiger charge is -2.35. The van der Waals surface area contributed by atoms with Crippen LogP contribution in [0.4, 0.5) is 4.79 Å². The number of carbonyl (C=O) groups excluding carboxylic acids is 2. The van der Waals surface area contributed by atoms with Crippen LogP contribution in [-0.2, 0) is 9.59 Å². The van der Waals surface area contributed by atoms with E-state index in [4.69, 9.17) is 14.2 Å². The van der Waals surface area contributed by atoms with Crippen molar-refractivity contribution in [3.63, 3.8) is 0 Å². The van der Waals surface area contributed by atoms with Crippen LogP contribution in [-0.4, -0.2) is 148 Å². The van der Waals surface area contributed by atoms with E-state index in [-0.39, 0.29) is 25.3 Å². The highest BCUT2D eigenvalue weighted by Crippen LogP contribution is 2.47. The van der Waals surface area contributed by atoms with E-state index in [1.807, 2.05) is 21.9 Å². The fourth-order valence-corrected chi connectivity index (χ4v) is 6.70. The first kappa shape index (κ1) is 33.6. The highest BCUT2D eigenvalue weighted by Gasteiger charge is 2.48. The second-order valence-electron chi connectivity index (χ2n) is 13.4. The van der Waals surface area contributed by atoms with Crippen LogP contribution in [0.25, 0.3) is 0 Å². The Morgan fingerprint density at radius 1 is 1.14 bits per heavy atom. The molecule has 2 saturated heterocycles. The van der Waals surface area contributed by atoms with Crippen molar-refractivity contribution >= 4 is 17.9 Å². The number of amides is 3. The number of aliphatic carboxylic acids is 1. The van der Waals surface area contributed by atoms with Gasteiger partial charge in [-0.3, -0.25) is 14.5 Å². The zero-order valence-electron chi connectivity index (χ0n) is 27.4. The number of likely N-dealkylation sites (tertiary alicyclic amines) is 1. The number of benzene rings is 1. The van der Waals surface area contributed by atoms with Gasteiger partial charge in [-0.1, -0.05) is 13.3 Å². The lowest BCUT2D eigenvalue weighted by Crippen LogP contribution is -2.50. The van der Waals surface area contributed by atoms with Crippen LogP contribution in [0.15, 0.2) is 12.1 Å². The van der Waals surface area contributed by atoms with Gasteiger partial charge in [0.2, 0.25) is 18.4 Å². The highest BCUT2D eigenvalue weighted by atomic mass is 16.7. The molecule has 2 fully saturated rings. The van der Waals surface area contributed by atoms with E-state index in [0.717, 1.165) is 42.3 Å². The number of fused-ring (bicyclic) bond motifs is 1. The van der Waals surface area contributed by atoms with Crippen LogP contribution in [0.3, 0.4) is 0 Å². The standard InChI is InChI=1S/C32H51N5O7/c1-7-8-13-34(15-10-17-37(3,4)5)28(38)21-36-20-24(23-18-26(42-6)30-27(19-23)43-22-44-30)29(31(39)40)25(36)11-16-35-14-9-12-33(2)32(35)41/h18-19,24-25,29H,7-17,20-22H2,1-6H3/p+1/t24-,25+,29-/m1/s1. The molecule has 4 rings (SSSR count). The molecule has 3 atom stereocenters. The SMILES string of the molecule is CCCCN(CCC[N+](C)(C)C)C(=O)CN1C[C@H](c2cc(OC)c3c(c2)OCO3)[C@@H](C(=O)O)[C@@H]1CCN1CCCN(C)C1=O. The molecule has 44 heavy (non-hydrogen) atoms. The summed E-state index contributed by atoms with van der Waals surface area (Å²) in [7, 11) is 9.79. The summed E-state index contributed by atoms with van der Waals surface area (Å²) < 4.78 is 17.6. The van der Waals surface area contributed by atoms with Gasteiger partial charge in [-0.05, 0) is 37.0 Å². The molecule has 246 valence electrons. The summed E-state index contributed by atoms with van der Waals surface area (Å²) >= 11 is 0. The number of carboxylic acid groups (broad SMARTS) is 1. The second-order valence-corrected chi connectivity index (χ2v) is 13.4. The molecule has 0 radical (unpaired) electrons. The summed E-state index contributed by atoms with van der Waals surface area (Å²) in [6, 6.07) is 3.20. The van der Waals surface area contributed by atoms with Crippen molar-refractivity contribution in [2.24, 2.45) is 5.92 Å². The number of unbranched alkanes of at least 4 members (excludes halogenated alkanes) is 1. The topological polar surface area (TPSA) is 112 Å². The predicted octanol–water partition coefficient (Wildman–Crippen LogP) is 2.77. The van der Waals surface area contributed by atoms with Gasteiger partial charge in [0, 0.05) is 64.7 Å². The van der Waals surface area contributed by atoms with Crippen LogP contribution >= 0.6 is 0 Å². The molecule has 1 aromatic carbocycles. The Bertz CT molecular complexity index is 1170. The molecule has 0 spiro atoms. The average Bonchev–Trinajstić information content (AvgIpc) is 3.59. The predicted molar refractivity (Wildman–Crippen MR) is 166 cm³/mol. The Labute approximate surface area is 262 Å². The lowest BCUT2D eigenvalue weighted by molar-refractivity contribution is -0.870. The van der Waals surface area contributed by atoms with E-state index in [9.17, 15) is 19.5 Å². The third kappa shape index (κ3) is 8.06. The molecule has 1 aromatic rings. The van der Waals surface area contributed by atoms with Gasteiger partial charge in [-0.25, -0.2) is 4.79 Å². The minimum atomic E-state index is -0.917. The van der Waals surface area contributed by atoms with E-state index in [2.05, 4.69) is 28.1 Å². The highest BCUT2D eigenvalue weighted by molar-refractivity contribution is 5.79. The average molecular weight is 619 g/mol. The van der Waals surface area contributed by atoms with Crippen LogP contribution in [0.2, 0.25) is 0 Å². The molecular weight excluding hydrogens is 566 g/mol. The quantitative estimate of drug-likeness (QED) is 0.299. The first-order chi connectivity index (χ1) is 20.9. The molecule has 0 aromatic heterocycles. The van der Waals surface area contributed by atoms with Crippen molar-refractivity contribution < 1.29 is 38.2 Å². The Morgan fingerprint density at radius 3 is 2.57 bits per heavy atom. The monoisotopic (exact) mass is 618 g/mol. The fraction of sp³-hybridized carbons (Fsp3) is 0.719. The summed E-state index contributed by atoms with van der Waals surface area (Å²) in [6.45, 7) is 6.82. The third-order valence-electron chi connectivity index (χ3n) is 9.09. The van der Waals surface area contributed by atoms with Crippen molar-refractivity contribution in [3.8, 4) is 17.2 Å². The number of methoxy groups -OCH3 is 1. The number of ether oxygens (including phenoxy) is 3. The van der Waals surface area contributed by atoms with Gasteiger partial charge in [0.25, 0.3) is 0 Å². The molecule has 3 amide bonds. The molecule has 0 bridgehead atoms. The maximum atomic E-state index is 13.9. The smallest absolute Gasteiger partial charge is 0.319 e. The first-order valence-corrected chi connectivity index (χ1v) is 16.0. The Balaban J connectivity index is 1.61. The Kier molecular flexibility index (Phi) is 11.2. The molecule has 0 unspecified atom stereocenters. The number of hydrogen-bond donors (Lipinski definition) is 1. The Hall–Kier alpha value is -3.25. The largest absolute Gasteiger partial charge is 0.493 e. The van der Waals surface area contributed by atoms with Crippen LogP contribution < -0.4 is 14.2 Å². The van der Waals surface area contributed by atoms with E-state index < -0.39 is 23.8 Å². The number of quaternary nitrogens is 1. The minimum absolute atomic E-state index is 0.0201. The molecular formula is C32H52N5O7+.